The predicted molar refractivity (Wildman–Crippen MR) is 89.9 cm³/mol. The van der Waals surface area contributed by atoms with Crippen molar-refractivity contribution < 1.29 is 4.79 Å². The Hall–Kier alpha value is -2.90. The smallest absolute Gasteiger partial charge is 0.261 e. The number of hydrogen-bond donors (Lipinski definition) is 1. The van der Waals surface area contributed by atoms with Gasteiger partial charge in [-0.25, -0.2) is 4.98 Å². The summed E-state index contributed by atoms with van der Waals surface area (Å²) < 4.78 is 3.66. The van der Waals surface area contributed by atoms with Gasteiger partial charge in [-0.3, -0.25) is 14.3 Å². The van der Waals surface area contributed by atoms with E-state index >= 15 is 0 Å². The second-order valence-electron chi connectivity index (χ2n) is 5.83. The maximum absolute atomic E-state index is 12.6. The average molecular weight is 328 g/mol. The van der Waals surface area contributed by atoms with Gasteiger partial charge >= 0.3 is 0 Å². The van der Waals surface area contributed by atoms with E-state index in [0.717, 1.165) is 24.3 Å². The van der Waals surface area contributed by atoms with E-state index < -0.39 is 5.56 Å². The lowest BCUT2D eigenvalue weighted by molar-refractivity contribution is 0.0790. The van der Waals surface area contributed by atoms with E-state index in [1.165, 1.54) is 0 Å². The molecule has 0 aliphatic carbocycles. The monoisotopic (exact) mass is 328 g/mol. The SMILES string of the molecule is Cc1nccn1CCCN(C)C(=O)c1cc2c(cnn2C)[nH]c1=O. The maximum atomic E-state index is 12.6. The number of nitrogens with one attached hydrogen (secondary N) is 1. The molecule has 3 aromatic rings. The van der Waals surface area contributed by atoms with Gasteiger partial charge in [-0.1, -0.05) is 0 Å². The van der Waals surface area contributed by atoms with Crippen LogP contribution >= 0.6 is 0 Å². The normalized spacial score (nSPS) is 11.1. The van der Waals surface area contributed by atoms with Gasteiger partial charge in [0.1, 0.15) is 11.4 Å². The number of imidazole rings is 1. The van der Waals surface area contributed by atoms with Crippen molar-refractivity contribution >= 4 is 16.9 Å². The molecule has 1 amide bonds. The van der Waals surface area contributed by atoms with Gasteiger partial charge in [0, 0.05) is 39.6 Å². The van der Waals surface area contributed by atoms with Gasteiger partial charge in [-0.2, -0.15) is 5.10 Å². The van der Waals surface area contributed by atoms with Crippen molar-refractivity contribution in [1.29, 1.82) is 0 Å². The van der Waals surface area contributed by atoms with Crippen LogP contribution in [0, 0.1) is 6.92 Å². The number of carbonyl (C=O) groups excluding carboxylic acids is 1. The van der Waals surface area contributed by atoms with Crippen LogP contribution in [0.4, 0.5) is 0 Å². The van der Waals surface area contributed by atoms with Crippen molar-refractivity contribution in [3.05, 3.63) is 46.4 Å². The molecule has 0 atom stereocenters. The Morgan fingerprint density at radius 3 is 2.92 bits per heavy atom. The molecular formula is C16H20N6O2. The van der Waals surface area contributed by atoms with E-state index in [2.05, 4.69) is 15.1 Å². The third-order valence-electron chi connectivity index (χ3n) is 4.15. The summed E-state index contributed by atoms with van der Waals surface area (Å²) in [5.41, 5.74) is 1.09. The molecule has 0 spiro atoms. The first-order valence-electron chi connectivity index (χ1n) is 7.75. The zero-order chi connectivity index (χ0) is 17.3. The highest BCUT2D eigenvalue weighted by molar-refractivity contribution is 5.96. The summed E-state index contributed by atoms with van der Waals surface area (Å²) in [6, 6.07) is 1.60. The Morgan fingerprint density at radius 2 is 2.21 bits per heavy atom. The summed E-state index contributed by atoms with van der Waals surface area (Å²) in [4.78, 5) is 33.1. The van der Waals surface area contributed by atoms with E-state index in [0.29, 0.717) is 12.1 Å². The number of aromatic nitrogens is 5. The molecule has 0 fully saturated rings. The fourth-order valence-corrected chi connectivity index (χ4v) is 2.69. The molecule has 8 nitrogen and oxygen atoms in total. The van der Waals surface area contributed by atoms with Crippen LogP contribution in [0.2, 0.25) is 0 Å². The van der Waals surface area contributed by atoms with Crippen LogP contribution in [0.5, 0.6) is 0 Å². The lowest BCUT2D eigenvalue weighted by Gasteiger charge is -2.17. The largest absolute Gasteiger partial charge is 0.341 e. The van der Waals surface area contributed by atoms with Gasteiger partial charge in [0.25, 0.3) is 11.5 Å². The number of carbonyl (C=O) groups is 1. The lowest BCUT2D eigenvalue weighted by Crippen LogP contribution is -2.32. The second-order valence-corrected chi connectivity index (χ2v) is 5.83. The summed E-state index contributed by atoms with van der Waals surface area (Å²) in [6.45, 7) is 3.28. The predicted octanol–water partition coefficient (Wildman–Crippen LogP) is 0.929. The van der Waals surface area contributed by atoms with E-state index in [1.807, 2.05) is 17.7 Å². The molecule has 3 aromatic heterocycles. The van der Waals surface area contributed by atoms with Crippen molar-refractivity contribution in [3.63, 3.8) is 0 Å². The van der Waals surface area contributed by atoms with Crippen LogP contribution in [0.25, 0.3) is 11.0 Å². The standard InChI is InChI=1S/C16H20N6O2/c1-11-17-5-8-22(11)7-4-6-20(2)16(24)12-9-14-13(19-15(12)23)10-18-21(14)3/h5,8-10H,4,6-7H2,1-3H3,(H,19,23). The van der Waals surface area contributed by atoms with Crippen molar-refractivity contribution in [1.82, 2.24) is 29.2 Å². The summed E-state index contributed by atoms with van der Waals surface area (Å²) in [7, 11) is 3.47. The van der Waals surface area contributed by atoms with Crippen molar-refractivity contribution in [2.75, 3.05) is 13.6 Å². The molecule has 0 saturated heterocycles. The van der Waals surface area contributed by atoms with E-state index in [4.69, 9.17) is 0 Å². The Bertz CT molecular complexity index is 936. The zero-order valence-corrected chi connectivity index (χ0v) is 14.0. The number of aryl methyl sites for hydroxylation is 3. The molecule has 0 saturated carbocycles. The maximum Gasteiger partial charge on any atom is 0.261 e. The number of fused-ring (bicyclic) bond motifs is 1. The van der Waals surface area contributed by atoms with E-state index in [1.54, 1.807) is 42.1 Å². The molecule has 3 heterocycles. The van der Waals surface area contributed by atoms with Crippen LogP contribution in [0.1, 0.15) is 22.6 Å². The molecule has 0 aliphatic rings. The number of rotatable bonds is 5. The molecule has 126 valence electrons. The number of pyridine rings is 1. The Labute approximate surface area is 138 Å². The van der Waals surface area contributed by atoms with Crippen LogP contribution in [-0.4, -0.2) is 48.7 Å². The molecule has 0 unspecified atom stereocenters. The van der Waals surface area contributed by atoms with E-state index in [-0.39, 0.29) is 11.5 Å². The molecular weight excluding hydrogens is 308 g/mol. The summed E-state index contributed by atoms with van der Waals surface area (Å²) in [5, 5.41) is 4.08. The van der Waals surface area contributed by atoms with Crippen LogP contribution in [-0.2, 0) is 13.6 Å². The molecule has 8 heteroatoms. The third-order valence-corrected chi connectivity index (χ3v) is 4.15. The number of H-pyrrole nitrogens is 1. The van der Waals surface area contributed by atoms with Crippen molar-refractivity contribution in [2.24, 2.45) is 7.05 Å². The molecule has 0 radical (unpaired) electrons. The van der Waals surface area contributed by atoms with Crippen LogP contribution in [0.15, 0.2) is 29.5 Å². The molecule has 1 N–H and O–H groups in total. The molecule has 0 bridgehead atoms. The summed E-state index contributed by atoms with van der Waals surface area (Å²) in [5.74, 6) is 0.656. The Balaban J connectivity index is 1.71. The Kier molecular flexibility index (Phi) is 4.20. The highest BCUT2D eigenvalue weighted by Gasteiger charge is 2.17. The number of aromatic amines is 1. The number of hydrogen-bond acceptors (Lipinski definition) is 4. The fourth-order valence-electron chi connectivity index (χ4n) is 2.69. The van der Waals surface area contributed by atoms with Gasteiger partial charge in [-0.05, 0) is 19.4 Å². The van der Waals surface area contributed by atoms with Crippen molar-refractivity contribution in [2.45, 2.75) is 19.9 Å². The average Bonchev–Trinajstić information content (AvgIpc) is 3.12. The summed E-state index contributed by atoms with van der Waals surface area (Å²) in [6.07, 6.45) is 6.03. The first-order valence-corrected chi connectivity index (χ1v) is 7.75. The van der Waals surface area contributed by atoms with Crippen LogP contribution in [0.3, 0.4) is 0 Å². The number of amides is 1. The molecule has 0 aliphatic heterocycles. The van der Waals surface area contributed by atoms with Crippen molar-refractivity contribution in [3.8, 4) is 0 Å². The zero-order valence-electron chi connectivity index (χ0n) is 14.0. The first kappa shape index (κ1) is 16.0. The van der Waals surface area contributed by atoms with Gasteiger partial charge in [-0.15, -0.1) is 0 Å². The minimum Gasteiger partial charge on any atom is -0.341 e. The third kappa shape index (κ3) is 2.94. The molecule has 3 rings (SSSR count). The fraction of sp³-hybridized carbons (Fsp3) is 0.375. The van der Waals surface area contributed by atoms with Gasteiger partial charge in [0.05, 0.1) is 17.2 Å². The van der Waals surface area contributed by atoms with Gasteiger partial charge in [0.15, 0.2) is 0 Å². The minimum atomic E-state index is -0.391. The highest BCUT2D eigenvalue weighted by Crippen LogP contribution is 2.10. The Morgan fingerprint density at radius 1 is 1.42 bits per heavy atom. The van der Waals surface area contributed by atoms with E-state index in [9.17, 15) is 9.59 Å². The highest BCUT2D eigenvalue weighted by atomic mass is 16.2. The minimum absolute atomic E-state index is 0.132. The molecule has 0 aromatic carbocycles. The topological polar surface area (TPSA) is 88.8 Å². The quantitative estimate of drug-likeness (QED) is 0.754. The van der Waals surface area contributed by atoms with Gasteiger partial charge < -0.3 is 14.5 Å². The summed E-state index contributed by atoms with van der Waals surface area (Å²) >= 11 is 0. The van der Waals surface area contributed by atoms with Crippen LogP contribution < -0.4 is 5.56 Å². The van der Waals surface area contributed by atoms with Gasteiger partial charge in [0.2, 0.25) is 0 Å². The molecule has 24 heavy (non-hydrogen) atoms. The lowest BCUT2D eigenvalue weighted by atomic mass is 10.2. The second kappa shape index (κ2) is 6.31. The first-order chi connectivity index (χ1) is 11.5. The number of nitrogens with zero attached hydrogens (tertiary/aromatic N) is 5.